The molecule has 3 heteroatoms. The van der Waals surface area contributed by atoms with E-state index in [0.29, 0.717) is 5.92 Å². The van der Waals surface area contributed by atoms with Crippen LogP contribution in [-0.4, -0.2) is 24.6 Å². The number of nitrogens with zero attached hydrogens (tertiary/aromatic N) is 2. The Morgan fingerprint density at radius 2 is 2.17 bits per heavy atom. The maximum Gasteiger partial charge on any atom is 0.0443 e. The molecule has 0 saturated heterocycles. The quantitative estimate of drug-likeness (QED) is 0.838. The summed E-state index contributed by atoms with van der Waals surface area (Å²) >= 11 is 0. The molecule has 0 aliphatic heterocycles. The minimum Gasteiger partial charge on any atom is -0.374 e. The first-order valence-corrected chi connectivity index (χ1v) is 6.96. The summed E-state index contributed by atoms with van der Waals surface area (Å²) in [6.45, 7) is 8.60. The maximum atomic E-state index is 4.43. The van der Waals surface area contributed by atoms with Crippen LogP contribution in [0.1, 0.15) is 37.9 Å². The zero-order chi connectivity index (χ0) is 13.1. The Balaban J connectivity index is 2.10. The molecule has 1 aromatic heterocycles. The van der Waals surface area contributed by atoms with Crippen molar-refractivity contribution in [3.05, 3.63) is 23.5 Å². The number of aromatic nitrogens is 1. The molecule has 0 radical (unpaired) electrons. The van der Waals surface area contributed by atoms with Crippen LogP contribution < -0.4 is 10.2 Å². The third kappa shape index (κ3) is 3.70. The molecule has 1 saturated carbocycles. The van der Waals surface area contributed by atoms with Crippen molar-refractivity contribution in [2.24, 2.45) is 5.92 Å². The van der Waals surface area contributed by atoms with Crippen molar-refractivity contribution in [2.45, 2.75) is 46.2 Å². The van der Waals surface area contributed by atoms with E-state index >= 15 is 0 Å². The van der Waals surface area contributed by atoms with Crippen LogP contribution in [-0.2, 0) is 6.54 Å². The highest BCUT2D eigenvalue weighted by atomic mass is 15.1. The van der Waals surface area contributed by atoms with Gasteiger partial charge in [0.15, 0.2) is 0 Å². The third-order valence-corrected chi connectivity index (χ3v) is 3.31. The number of aryl methyl sites for hydroxylation is 1. The van der Waals surface area contributed by atoms with Crippen molar-refractivity contribution in [2.75, 3.05) is 18.5 Å². The van der Waals surface area contributed by atoms with Crippen molar-refractivity contribution in [3.8, 4) is 0 Å². The van der Waals surface area contributed by atoms with E-state index in [2.05, 4.69) is 49.1 Å². The molecular formula is C15H25N3. The summed E-state index contributed by atoms with van der Waals surface area (Å²) in [6.07, 6.45) is 4.68. The Morgan fingerprint density at radius 1 is 1.44 bits per heavy atom. The van der Waals surface area contributed by atoms with Gasteiger partial charge in [0.2, 0.25) is 0 Å². The number of anilines is 1. The Morgan fingerprint density at radius 3 is 2.78 bits per heavy atom. The molecule has 0 atom stereocenters. The van der Waals surface area contributed by atoms with Gasteiger partial charge in [-0.3, -0.25) is 4.98 Å². The van der Waals surface area contributed by atoms with E-state index in [4.69, 9.17) is 0 Å². The Kier molecular flexibility index (Phi) is 4.23. The van der Waals surface area contributed by atoms with Gasteiger partial charge in [0.05, 0.1) is 0 Å². The minimum absolute atomic E-state index is 0.674. The summed E-state index contributed by atoms with van der Waals surface area (Å²) in [6, 6.07) is 2.95. The van der Waals surface area contributed by atoms with Crippen LogP contribution in [0.25, 0.3) is 0 Å². The fourth-order valence-corrected chi connectivity index (χ4v) is 2.25. The zero-order valence-electron chi connectivity index (χ0n) is 12.0. The summed E-state index contributed by atoms with van der Waals surface area (Å²) in [5.74, 6) is 0.674. The molecule has 0 aromatic carbocycles. The second-order valence-electron chi connectivity index (χ2n) is 5.88. The Hall–Kier alpha value is -1.09. The second kappa shape index (κ2) is 5.70. The molecule has 0 spiro atoms. The summed E-state index contributed by atoms with van der Waals surface area (Å²) in [4.78, 5) is 6.78. The second-order valence-corrected chi connectivity index (χ2v) is 5.88. The lowest BCUT2D eigenvalue weighted by Gasteiger charge is -2.24. The van der Waals surface area contributed by atoms with E-state index in [9.17, 15) is 0 Å². The Labute approximate surface area is 111 Å². The van der Waals surface area contributed by atoms with E-state index < -0.39 is 0 Å². The molecule has 0 unspecified atom stereocenters. The normalized spacial score (nSPS) is 15.2. The summed E-state index contributed by atoms with van der Waals surface area (Å²) in [5.41, 5.74) is 3.73. The predicted molar refractivity (Wildman–Crippen MR) is 76.9 cm³/mol. The van der Waals surface area contributed by atoms with Crippen molar-refractivity contribution < 1.29 is 0 Å². The molecule has 1 fully saturated rings. The lowest BCUT2D eigenvalue weighted by atomic mass is 10.1. The lowest BCUT2D eigenvalue weighted by Crippen LogP contribution is -2.25. The first kappa shape index (κ1) is 13.3. The lowest BCUT2D eigenvalue weighted by molar-refractivity contribution is 0.632. The molecule has 18 heavy (non-hydrogen) atoms. The van der Waals surface area contributed by atoms with Gasteiger partial charge in [-0.15, -0.1) is 0 Å². The first-order valence-electron chi connectivity index (χ1n) is 6.96. The van der Waals surface area contributed by atoms with Gasteiger partial charge in [-0.2, -0.15) is 0 Å². The molecule has 3 nitrogen and oxygen atoms in total. The number of rotatable bonds is 6. The summed E-state index contributed by atoms with van der Waals surface area (Å²) in [5, 5.41) is 3.57. The smallest absolute Gasteiger partial charge is 0.0443 e. The zero-order valence-corrected chi connectivity index (χ0v) is 12.0. The van der Waals surface area contributed by atoms with E-state index in [-0.39, 0.29) is 0 Å². The summed E-state index contributed by atoms with van der Waals surface area (Å²) in [7, 11) is 2.18. The van der Waals surface area contributed by atoms with Gasteiger partial charge in [-0.1, -0.05) is 13.8 Å². The number of pyridine rings is 1. The van der Waals surface area contributed by atoms with Crippen molar-refractivity contribution in [1.29, 1.82) is 0 Å². The van der Waals surface area contributed by atoms with Crippen molar-refractivity contribution in [3.63, 3.8) is 0 Å². The van der Waals surface area contributed by atoms with Gasteiger partial charge in [0.25, 0.3) is 0 Å². The molecule has 1 aromatic rings. The van der Waals surface area contributed by atoms with Crippen LogP contribution in [0.4, 0.5) is 5.69 Å². The minimum atomic E-state index is 0.674. The molecule has 0 amide bonds. The van der Waals surface area contributed by atoms with Gasteiger partial charge in [-0.05, 0) is 31.7 Å². The number of nitrogens with one attached hydrogen (secondary N) is 1. The van der Waals surface area contributed by atoms with Crippen LogP contribution in [0.5, 0.6) is 0 Å². The average molecular weight is 247 g/mol. The standard InChI is InChI=1S/C15H25N3/c1-11(2)10-18(4)15-7-12(3)16-8-13(15)9-17-14-5-6-14/h7-8,11,14,17H,5-6,9-10H2,1-4H3. The number of hydrogen-bond donors (Lipinski definition) is 1. The molecule has 0 bridgehead atoms. The SMILES string of the molecule is Cc1cc(N(C)CC(C)C)c(CNC2CC2)cn1. The van der Waals surface area contributed by atoms with Gasteiger partial charge in [0, 0.05) is 49.3 Å². The molecule has 2 rings (SSSR count). The van der Waals surface area contributed by atoms with Crippen LogP contribution in [0.3, 0.4) is 0 Å². The fourth-order valence-electron chi connectivity index (χ4n) is 2.25. The highest BCUT2D eigenvalue weighted by Crippen LogP contribution is 2.23. The molecule has 1 aliphatic rings. The monoisotopic (exact) mass is 247 g/mol. The molecule has 1 heterocycles. The maximum absolute atomic E-state index is 4.43. The van der Waals surface area contributed by atoms with Crippen molar-refractivity contribution >= 4 is 5.69 Å². The molecule has 1 aliphatic carbocycles. The molecule has 100 valence electrons. The third-order valence-electron chi connectivity index (χ3n) is 3.31. The van der Waals surface area contributed by atoms with Gasteiger partial charge >= 0.3 is 0 Å². The fraction of sp³-hybridized carbons (Fsp3) is 0.667. The number of hydrogen-bond acceptors (Lipinski definition) is 3. The highest BCUT2D eigenvalue weighted by Gasteiger charge is 2.21. The van der Waals surface area contributed by atoms with Crippen LogP contribution >= 0.6 is 0 Å². The Bertz CT molecular complexity index is 397. The average Bonchev–Trinajstić information content (AvgIpc) is 3.10. The molecule has 1 N–H and O–H groups in total. The van der Waals surface area contributed by atoms with Gasteiger partial charge in [0.1, 0.15) is 0 Å². The first-order chi connectivity index (χ1) is 8.56. The molecular weight excluding hydrogens is 222 g/mol. The van der Waals surface area contributed by atoms with Crippen LogP contribution in [0.2, 0.25) is 0 Å². The van der Waals surface area contributed by atoms with E-state index in [1.165, 1.54) is 24.1 Å². The van der Waals surface area contributed by atoms with Gasteiger partial charge < -0.3 is 10.2 Å². The van der Waals surface area contributed by atoms with Crippen molar-refractivity contribution in [1.82, 2.24) is 10.3 Å². The van der Waals surface area contributed by atoms with E-state index in [0.717, 1.165) is 24.8 Å². The van der Waals surface area contributed by atoms with E-state index in [1.54, 1.807) is 0 Å². The largest absolute Gasteiger partial charge is 0.374 e. The van der Waals surface area contributed by atoms with Gasteiger partial charge in [-0.25, -0.2) is 0 Å². The predicted octanol–water partition coefficient (Wildman–Crippen LogP) is 2.73. The summed E-state index contributed by atoms with van der Waals surface area (Å²) < 4.78 is 0. The van der Waals surface area contributed by atoms with E-state index in [1.807, 2.05) is 6.20 Å². The highest BCUT2D eigenvalue weighted by molar-refractivity contribution is 5.53. The van der Waals surface area contributed by atoms with Crippen LogP contribution in [0, 0.1) is 12.8 Å². The van der Waals surface area contributed by atoms with Crippen LogP contribution in [0.15, 0.2) is 12.3 Å². The topological polar surface area (TPSA) is 28.2 Å².